The van der Waals surface area contributed by atoms with E-state index < -0.39 is 23.6 Å². The Labute approximate surface area is 87.6 Å². The largest absolute Gasteiger partial charge is 0.573 e. The SMILES string of the molecule is NNc1ccc(OC(F)(F)F)cc1C(=O)O. The van der Waals surface area contributed by atoms with Crippen LogP contribution in [-0.4, -0.2) is 17.4 Å². The molecule has 0 aliphatic rings. The molecular weight excluding hydrogens is 229 g/mol. The molecule has 0 bridgehead atoms. The first kappa shape index (κ1) is 12.1. The molecule has 1 aromatic carbocycles. The lowest BCUT2D eigenvalue weighted by atomic mass is 10.2. The maximum absolute atomic E-state index is 11.8. The highest BCUT2D eigenvalue weighted by atomic mass is 19.4. The van der Waals surface area contributed by atoms with Crippen molar-refractivity contribution in [3.63, 3.8) is 0 Å². The number of carboxylic acid groups (broad SMARTS) is 1. The first-order chi connectivity index (χ1) is 7.33. The van der Waals surface area contributed by atoms with Gasteiger partial charge >= 0.3 is 12.3 Å². The Hall–Kier alpha value is -1.96. The molecule has 0 aliphatic heterocycles. The second-order valence-corrected chi connectivity index (χ2v) is 2.70. The number of nitrogens with one attached hydrogen (secondary N) is 1. The van der Waals surface area contributed by atoms with Gasteiger partial charge in [0.2, 0.25) is 0 Å². The molecule has 1 aromatic rings. The summed E-state index contributed by atoms with van der Waals surface area (Å²) in [5.74, 6) is 2.95. The van der Waals surface area contributed by atoms with Gasteiger partial charge < -0.3 is 15.3 Å². The molecule has 0 aromatic heterocycles. The Kier molecular flexibility index (Phi) is 3.23. The smallest absolute Gasteiger partial charge is 0.478 e. The second kappa shape index (κ2) is 4.27. The topological polar surface area (TPSA) is 84.6 Å². The van der Waals surface area contributed by atoms with E-state index in [9.17, 15) is 18.0 Å². The van der Waals surface area contributed by atoms with Crippen LogP contribution in [0.3, 0.4) is 0 Å². The fourth-order valence-corrected chi connectivity index (χ4v) is 1.02. The van der Waals surface area contributed by atoms with Crippen molar-refractivity contribution in [2.24, 2.45) is 5.84 Å². The average Bonchev–Trinajstić information content (AvgIpc) is 2.15. The first-order valence-electron chi connectivity index (χ1n) is 3.93. The van der Waals surface area contributed by atoms with Crippen LogP contribution in [0.5, 0.6) is 5.75 Å². The number of ether oxygens (including phenoxy) is 1. The van der Waals surface area contributed by atoms with E-state index in [-0.39, 0.29) is 5.69 Å². The van der Waals surface area contributed by atoms with Crippen LogP contribution in [0.2, 0.25) is 0 Å². The van der Waals surface area contributed by atoms with Crippen LogP contribution in [0, 0.1) is 0 Å². The van der Waals surface area contributed by atoms with E-state index in [1.165, 1.54) is 0 Å². The van der Waals surface area contributed by atoms with Gasteiger partial charge in [-0.05, 0) is 18.2 Å². The van der Waals surface area contributed by atoms with E-state index in [2.05, 4.69) is 4.74 Å². The molecular formula is C8H7F3N2O3. The highest BCUT2D eigenvalue weighted by Gasteiger charge is 2.31. The minimum atomic E-state index is -4.87. The van der Waals surface area contributed by atoms with E-state index in [0.717, 1.165) is 18.2 Å². The summed E-state index contributed by atoms with van der Waals surface area (Å²) in [6.07, 6.45) is -4.87. The zero-order chi connectivity index (χ0) is 12.3. The molecule has 0 fully saturated rings. The van der Waals surface area contributed by atoms with Gasteiger partial charge in [0.1, 0.15) is 5.75 Å². The maximum Gasteiger partial charge on any atom is 0.573 e. The molecule has 88 valence electrons. The Morgan fingerprint density at radius 1 is 1.44 bits per heavy atom. The highest BCUT2D eigenvalue weighted by Crippen LogP contribution is 2.26. The summed E-state index contributed by atoms with van der Waals surface area (Å²) in [5, 5.41) is 8.69. The number of halogens is 3. The summed E-state index contributed by atoms with van der Waals surface area (Å²) in [6.45, 7) is 0. The molecule has 0 radical (unpaired) electrons. The van der Waals surface area contributed by atoms with Gasteiger partial charge in [-0.3, -0.25) is 5.84 Å². The number of carboxylic acids is 1. The number of benzene rings is 1. The second-order valence-electron chi connectivity index (χ2n) is 2.70. The van der Waals surface area contributed by atoms with Gasteiger partial charge in [0, 0.05) is 0 Å². The van der Waals surface area contributed by atoms with Crippen molar-refractivity contribution in [2.45, 2.75) is 6.36 Å². The lowest BCUT2D eigenvalue weighted by molar-refractivity contribution is -0.274. The normalized spacial score (nSPS) is 11.0. The lowest BCUT2D eigenvalue weighted by Crippen LogP contribution is -2.18. The number of hydrazine groups is 1. The predicted octanol–water partition coefficient (Wildman–Crippen LogP) is 1.57. The summed E-state index contributed by atoms with van der Waals surface area (Å²) in [6, 6.07) is 2.75. The molecule has 0 heterocycles. The summed E-state index contributed by atoms with van der Waals surface area (Å²) < 4.78 is 39.1. The van der Waals surface area contributed by atoms with Crippen molar-refractivity contribution in [3.05, 3.63) is 23.8 Å². The number of hydrogen-bond donors (Lipinski definition) is 3. The molecule has 4 N–H and O–H groups in total. The summed E-state index contributed by atoms with van der Waals surface area (Å²) in [4.78, 5) is 10.7. The Balaban J connectivity index is 3.07. The van der Waals surface area contributed by atoms with Gasteiger partial charge in [-0.25, -0.2) is 4.79 Å². The van der Waals surface area contributed by atoms with Gasteiger partial charge in [0.25, 0.3) is 0 Å². The number of anilines is 1. The van der Waals surface area contributed by atoms with Crippen LogP contribution in [0.1, 0.15) is 10.4 Å². The van der Waals surface area contributed by atoms with Gasteiger partial charge in [-0.15, -0.1) is 13.2 Å². The molecule has 0 amide bonds. The molecule has 5 nitrogen and oxygen atoms in total. The zero-order valence-electron chi connectivity index (χ0n) is 7.71. The lowest BCUT2D eigenvalue weighted by Gasteiger charge is -2.11. The molecule has 0 atom stereocenters. The maximum atomic E-state index is 11.8. The number of hydrogen-bond acceptors (Lipinski definition) is 4. The molecule has 1 rings (SSSR count). The van der Waals surface area contributed by atoms with Crippen LogP contribution in [0.4, 0.5) is 18.9 Å². The number of nitrogens with two attached hydrogens (primary N) is 1. The number of nitrogen functional groups attached to an aromatic ring is 1. The van der Waals surface area contributed by atoms with Crippen molar-refractivity contribution in [2.75, 3.05) is 5.43 Å². The van der Waals surface area contributed by atoms with Crippen LogP contribution in [0.15, 0.2) is 18.2 Å². The number of carbonyl (C=O) groups is 1. The molecule has 8 heteroatoms. The van der Waals surface area contributed by atoms with Crippen molar-refractivity contribution < 1.29 is 27.8 Å². The van der Waals surface area contributed by atoms with E-state index in [1.807, 2.05) is 5.43 Å². The minimum absolute atomic E-state index is 0.0120. The van der Waals surface area contributed by atoms with Crippen LogP contribution in [-0.2, 0) is 0 Å². The molecule has 0 saturated heterocycles. The summed E-state index contributed by atoms with van der Waals surface area (Å²) >= 11 is 0. The Bertz CT molecular complexity index is 406. The van der Waals surface area contributed by atoms with Gasteiger partial charge in [0.15, 0.2) is 0 Å². The fraction of sp³-hybridized carbons (Fsp3) is 0.125. The summed E-state index contributed by atoms with van der Waals surface area (Å²) in [5.41, 5.74) is 1.62. The molecule has 16 heavy (non-hydrogen) atoms. The fourth-order valence-electron chi connectivity index (χ4n) is 1.02. The number of rotatable bonds is 3. The predicted molar refractivity (Wildman–Crippen MR) is 47.9 cm³/mol. The first-order valence-corrected chi connectivity index (χ1v) is 3.93. The van der Waals surface area contributed by atoms with Crippen molar-refractivity contribution in [1.29, 1.82) is 0 Å². The third-order valence-corrected chi connectivity index (χ3v) is 1.61. The third kappa shape index (κ3) is 3.02. The Morgan fingerprint density at radius 3 is 2.50 bits per heavy atom. The number of aromatic carboxylic acids is 1. The van der Waals surface area contributed by atoms with Crippen molar-refractivity contribution in [3.8, 4) is 5.75 Å². The number of alkyl halides is 3. The molecule has 0 spiro atoms. The molecule has 0 saturated carbocycles. The van der Waals surface area contributed by atoms with Gasteiger partial charge in [0.05, 0.1) is 11.3 Å². The Morgan fingerprint density at radius 2 is 2.06 bits per heavy atom. The van der Waals surface area contributed by atoms with Crippen LogP contribution in [0.25, 0.3) is 0 Å². The van der Waals surface area contributed by atoms with E-state index in [4.69, 9.17) is 10.9 Å². The minimum Gasteiger partial charge on any atom is -0.478 e. The van der Waals surface area contributed by atoms with Crippen LogP contribution >= 0.6 is 0 Å². The molecule has 0 unspecified atom stereocenters. The summed E-state index contributed by atoms with van der Waals surface area (Å²) in [7, 11) is 0. The van der Waals surface area contributed by atoms with E-state index in [1.54, 1.807) is 0 Å². The van der Waals surface area contributed by atoms with Crippen molar-refractivity contribution in [1.82, 2.24) is 0 Å². The quantitative estimate of drug-likeness (QED) is 0.548. The van der Waals surface area contributed by atoms with Crippen LogP contribution < -0.4 is 16.0 Å². The van der Waals surface area contributed by atoms with Gasteiger partial charge in [-0.1, -0.05) is 0 Å². The van der Waals surface area contributed by atoms with E-state index >= 15 is 0 Å². The monoisotopic (exact) mass is 236 g/mol. The molecule has 0 aliphatic carbocycles. The van der Waals surface area contributed by atoms with Gasteiger partial charge in [-0.2, -0.15) is 0 Å². The third-order valence-electron chi connectivity index (χ3n) is 1.61. The van der Waals surface area contributed by atoms with E-state index in [0.29, 0.717) is 0 Å². The highest BCUT2D eigenvalue weighted by molar-refractivity contribution is 5.94. The standard InChI is InChI=1S/C8H7F3N2O3/c9-8(10,11)16-4-1-2-6(13-12)5(3-4)7(14)15/h1-3,13H,12H2,(H,14,15). The average molecular weight is 236 g/mol. The zero-order valence-corrected chi connectivity index (χ0v) is 7.71. The van der Waals surface area contributed by atoms with Crippen molar-refractivity contribution >= 4 is 11.7 Å².